The van der Waals surface area contributed by atoms with E-state index >= 15 is 0 Å². The first-order valence-corrected chi connectivity index (χ1v) is 10.8. The molecule has 0 bridgehead atoms. The molecule has 0 aliphatic carbocycles. The summed E-state index contributed by atoms with van der Waals surface area (Å²) in [5, 5.41) is 13.2. The average molecular weight is 457 g/mol. The lowest BCUT2D eigenvalue weighted by Gasteiger charge is -2.15. The second-order valence-corrected chi connectivity index (χ2v) is 7.53. The monoisotopic (exact) mass is 456 g/mol. The number of hydrogen-bond donors (Lipinski definition) is 4. The molecule has 0 unspecified atom stereocenters. The number of anilines is 4. The highest BCUT2D eigenvalue weighted by Crippen LogP contribution is 2.31. The Morgan fingerprint density at radius 3 is 2.65 bits per heavy atom. The summed E-state index contributed by atoms with van der Waals surface area (Å²) in [6.45, 7) is 4.97. The fourth-order valence-electron chi connectivity index (χ4n) is 3.53. The topological polar surface area (TPSA) is 91.0 Å². The van der Waals surface area contributed by atoms with Gasteiger partial charge in [0.2, 0.25) is 11.9 Å². The Morgan fingerprint density at radius 1 is 1.03 bits per heavy atom. The number of halogens is 1. The predicted molar refractivity (Wildman–Crippen MR) is 136 cm³/mol. The molecule has 0 aliphatic heterocycles. The van der Waals surface area contributed by atoms with Crippen molar-refractivity contribution in [3.8, 4) is 11.1 Å². The van der Waals surface area contributed by atoms with Crippen LogP contribution in [0.4, 0.5) is 27.4 Å². The second kappa shape index (κ2) is 10.5. The zero-order valence-corrected chi connectivity index (χ0v) is 18.7. The Bertz CT molecular complexity index is 1340. The van der Waals surface area contributed by atoms with Crippen LogP contribution in [0.5, 0.6) is 0 Å². The highest BCUT2D eigenvalue weighted by atomic mass is 19.1. The lowest BCUT2D eigenvalue weighted by molar-refractivity contribution is -0.111. The van der Waals surface area contributed by atoms with Gasteiger partial charge < -0.3 is 21.3 Å². The van der Waals surface area contributed by atoms with Crippen LogP contribution in [0.3, 0.4) is 0 Å². The summed E-state index contributed by atoms with van der Waals surface area (Å²) >= 11 is 0. The minimum atomic E-state index is -0.315. The highest BCUT2D eigenvalue weighted by molar-refractivity contribution is 6.01. The van der Waals surface area contributed by atoms with Gasteiger partial charge in [0.1, 0.15) is 5.82 Å². The molecular weight excluding hydrogens is 431 g/mol. The third kappa shape index (κ3) is 5.19. The van der Waals surface area contributed by atoms with Crippen molar-refractivity contribution in [2.75, 3.05) is 36.1 Å². The van der Waals surface area contributed by atoms with E-state index in [9.17, 15) is 9.18 Å². The van der Waals surface area contributed by atoms with Crippen molar-refractivity contribution < 1.29 is 9.18 Å². The minimum absolute atomic E-state index is 0.313. The van der Waals surface area contributed by atoms with Gasteiger partial charge in [-0.25, -0.2) is 14.4 Å². The van der Waals surface area contributed by atoms with E-state index in [1.54, 1.807) is 30.5 Å². The first-order chi connectivity index (χ1) is 16.6. The van der Waals surface area contributed by atoms with Gasteiger partial charge in [-0.3, -0.25) is 4.79 Å². The number of amides is 1. The molecule has 0 atom stereocenters. The van der Waals surface area contributed by atoms with Gasteiger partial charge in [0, 0.05) is 41.5 Å². The van der Waals surface area contributed by atoms with Crippen LogP contribution in [0.25, 0.3) is 22.0 Å². The van der Waals surface area contributed by atoms with E-state index < -0.39 is 0 Å². The summed E-state index contributed by atoms with van der Waals surface area (Å²) in [6, 6.07) is 17.7. The van der Waals surface area contributed by atoms with Crippen LogP contribution in [0, 0.1) is 5.82 Å². The van der Waals surface area contributed by atoms with Crippen LogP contribution in [-0.4, -0.2) is 36.0 Å². The lowest BCUT2D eigenvalue weighted by Crippen LogP contribution is -2.19. The number of carbonyl (C=O) groups is 1. The Morgan fingerprint density at radius 2 is 1.85 bits per heavy atom. The Hall–Kier alpha value is -4.30. The third-order valence-electron chi connectivity index (χ3n) is 5.18. The number of carbonyl (C=O) groups excluding carboxylic acids is 1. The fourth-order valence-corrected chi connectivity index (χ4v) is 3.53. The van der Waals surface area contributed by atoms with Crippen LogP contribution >= 0.6 is 0 Å². The highest BCUT2D eigenvalue weighted by Gasteiger charge is 2.12. The molecule has 4 rings (SSSR count). The molecule has 0 fully saturated rings. The number of para-hydroxylation sites is 1. The van der Waals surface area contributed by atoms with Crippen LogP contribution in [-0.2, 0) is 4.79 Å². The van der Waals surface area contributed by atoms with E-state index in [2.05, 4.69) is 37.8 Å². The zero-order chi connectivity index (χ0) is 23.9. The van der Waals surface area contributed by atoms with Gasteiger partial charge in [-0.15, -0.1) is 0 Å². The van der Waals surface area contributed by atoms with Crippen molar-refractivity contribution in [3.63, 3.8) is 0 Å². The molecule has 172 valence electrons. The van der Waals surface area contributed by atoms with E-state index in [4.69, 9.17) is 0 Å². The molecule has 0 aliphatic rings. The molecule has 4 aromatic rings. The zero-order valence-electron chi connectivity index (χ0n) is 18.7. The molecule has 8 heteroatoms. The first-order valence-electron chi connectivity index (χ1n) is 10.8. The lowest BCUT2D eigenvalue weighted by atomic mass is 10.0. The van der Waals surface area contributed by atoms with E-state index in [0.29, 0.717) is 40.5 Å². The van der Waals surface area contributed by atoms with Gasteiger partial charge in [0.25, 0.3) is 0 Å². The molecule has 0 saturated heterocycles. The normalized spacial score (nSPS) is 10.6. The number of aromatic nitrogens is 2. The maximum Gasteiger partial charge on any atom is 0.247 e. The van der Waals surface area contributed by atoms with Gasteiger partial charge in [-0.05, 0) is 37.4 Å². The minimum Gasteiger partial charge on any atom is -0.382 e. The molecule has 1 heterocycles. The maximum absolute atomic E-state index is 14.5. The van der Waals surface area contributed by atoms with Crippen LogP contribution in [0.15, 0.2) is 79.5 Å². The predicted octanol–water partition coefficient (Wildman–Crippen LogP) is 4.94. The molecule has 34 heavy (non-hydrogen) atoms. The van der Waals surface area contributed by atoms with Gasteiger partial charge in [-0.2, -0.15) is 0 Å². The molecule has 4 N–H and O–H groups in total. The van der Waals surface area contributed by atoms with Crippen molar-refractivity contribution >= 4 is 39.8 Å². The number of nitrogens with zero attached hydrogens (tertiary/aromatic N) is 2. The standard InChI is InChI=1S/C26H25FN6O/c1-3-24(34)32-23-15-18(11-12-22(23)29-14-13-28-2)31-26-30-16-17-7-6-9-20(25(17)33-26)19-8-4-5-10-21(19)27/h3-12,15-16,28-29H,1,13-14H2,2H3,(H,32,34)(H,30,31,33). The number of hydrogen-bond acceptors (Lipinski definition) is 6. The molecule has 0 saturated carbocycles. The van der Waals surface area contributed by atoms with Gasteiger partial charge in [0.15, 0.2) is 0 Å². The molecule has 1 aromatic heterocycles. The first kappa shape index (κ1) is 22.9. The quantitative estimate of drug-likeness (QED) is 0.211. The molecule has 0 spiro atoms. The number of fused-ring (bicyclic) bond motifs is 1. The van der Waals surface area contributed by atoms with Crippen molar-refractivity contribution in [2.24, 2.45) is 0 Å². The molecule has 0 radical (unpaired) electrons. The van der Waals surface area contributed by atoms with Gasteiger partial charge in [0.05, 0.1) is 16.9 Å². The summed E-state index contributed by atoms with van der Waals surface area (Å²) in [4.78, 5) is 21.0. The molecular formula is C26H25FN6O. The van der Waals surface area contributed by atoms with Gasteiger partial charge >= 0.3 is 0 Å². The Kier molecular flexibility index (Phi) is 7.10. The van der Waals surface area contributed by atoms with Crippen molar-refractivity contribution in [1.29, 1.82) is 0 Å². The van der Waals surface area contributed by atoms with Crippen LogP contribution in [0.2, 0.25) is 0 Å². The second-order valence-electron chi connectivity index (χ2n) is 7.53. The SMILES string of the molecule is C=CC(=O)Nc1cc(Nc2ncc3cccc(-c4ccccc4F)c3n2)ccc1NCCNC. The smallest absolute Gasteiger partial charge is 0.247 e. The Labute approximate surface area is 197 Å². The van der Waals surface area contributed by atoms with Gasteiger partial charge in [-0.1, -0.05) is 43.0 Å². The largest absolute Gasteiger partial charge is 0.382 e. The van der Waals surface area contributed by atoms with Crippen LogP contribution in [0.1, 0.15) is 0 Å². The van der Waals surface area contributed by atoms with Crippen molar-refractivity contribution in [3.05, 3.63) is 85.3 Å². The van der Waals surface area contributed by atoms with Crippen molar-refractivity contribution in [2.45, 2.75) is 0 Å². The van der Waals surface area contributed by atoms with E-state index in [-0.39, 0.29) is 11.7 Å². The summed E-state index contributed by atoms with van der Waals surface area (Å²) in [5.41, 5.74) is 3.85. The van der Waals surface area contributed by atoms with Crippen LogP contribution < -0.4 is 21.3 Å². The number of rotatable bonds is 9. The van der Waals surface area contributed by atoms with E-state index in [0.717, 1.165) is 17.6 Å². The Balaban J connectivity index is 1.67. The molecule has 7 nitrogen and oxygen atoms in total. The van der Waals surface area contributed by atoms with E-state index in [1.165, 1.54) is 12.1 Å². The molecule has 3 aromatic carbocycles. The number of benzene rings is 3. The average Bonchev–Trinajstić information content (AvgIpc) is 2.85. The molecule has 1 amide bonds. The maximum atomic E-state index is 14.5. The number of likely N-dealkylation sites (N-methyl/N-ethyl adjacent to an activating group) is 1. The van der Waals surface area contributed by atoms with E-state index in [1.807, 2.05) is 37.4 Å². The summed E-state index contributed by atoms with van der Waals surface area (Å²) < 4.78 is 14.5. The summed E-state index contributed by atoms with van der Waals surface area (Å²) in [6.07, 6.45) is 2.91. The fraction of sp³-hybridized carbons (Fsp3) is 0.115. The summed E-state index contributed by atoms with van der Waals surface area (Å²) in [7, 11) is 1.87. The summed E-state index contributed by atoms with van der Waals surface area (Å²) in [5.74, 6) is -0.273. The van der Waals surface area contributed by atoms with Crippen molar-refractivity contribution in [1.82, 2.24) is 15.3 Å². The third-order valence-corrected chi connectivity index (χ3v) is 5.18. The number of nitrogens with one attached hydrogen (secondary N) is 4.